The molecule has 0 fully saturated rings. The van der Waals surface area contributed by atoms with Gasteiger partial charge in [-0.15, -0.1) is 24.0 Å². The predicted octanol–water partition coefficient (Wildman–Crippen LogP) is 1.80. The number of benzene rings is 1. The quantitative estimate of drug-likeness (QED) is 0.446. The Kier molecular flexibility index (Phi) is 25.8. The van der Waals surface area contributed by atoms with E-state index in [1.165, 1.54) is 13.6 Å². The summed E-state index contributed by atoms with van der Waals surface area (Å²) in [6, 6.07) is 12.5. The largest absolute Gasteiger partial charge is 2.00 e. The van der Waals surface area contributed by atoms with Gasteiger partial charge in [0, 0.05) is 7.11 Å². The summed E-state index contributed by atoms with van der Waals surface area (Å²) < 4.78 is 3.74. The van der Waals surface area contributed by atoms with Gasteiger partial charge in [-0.2, -0.15) is 36.4 Å². The molecule has 0 aliphatic rings. The van der Waals surface area contributed by atoms with Crippen LogP contribution in [0.3, 0.4) is 0 Å². The number of halogens is 1. The predicted molar refractivity (Wildman–Crippen MR) is 53.4 cm³/mol. The van der Waals surface area contributed by atoms with Gasteiger partial charge in [-0.25, -0.2) is 0 Å². The molecular weight excluding hydrogens is 320 g/mol. The monoisotopic (exact) mass is 328 g/mol. The van der Waals surface area contributed by atoms with Gasteiger partial charge in [-0.1, -0.05) is 6.47 Å². The molecule has 0 atom stereocenters. The van der Waals surface area contributed by atoms with E-state index in [-0.39, 0.29) is 43.5 Å². The molecule has 1 rings (SSSR count). The average Bonchev–Trinajstić information content (AvgIpc) is 2.08. The van der Waals surface area contributed by atoms with Crippen molar-refractivity contribution in [2.75, 3.05) is 7.11 Å². The minimum absolute atomic E-state index is 0. The Bertz CT molecular complexity index is 132. The van der Waals surface area contributed by atoms with Crippen LogP contribution in [0.25, 0.3) is 0 Å². The molecule has 0 saturated heterocycles. The molecule has 0 spiro atoms. The minimum atomic E-state index is 0. The molecule has 0 aliphatic carbocycles. The fraction of sp³-hybridized carbons (Fsp3) is 0.125. The second kappa shape index (κ2) is 17.2. The van der Waals surface area contributed by atoms with Crippen LogP contribution in [0.4, 0.5) is 0 Å². The summed E-state index contributed by atoms with van der Waals surface area (Å²) in [7, 11) is 1.26. The van der Waals surface area contributed by atoms with Crippen molar-refractivity contribution in [1.29, 1.82) is 0 Å². The van der Waals surface area contributed by atoms with Crippen LogP contribution in [0.2, 0.25) is 0 Å². The SMILES string of the molecule is CO[C-]=O.I.[Zn+2].[c-]1ccccc1. The van der Waals surface area contributed by atoms with Crippen molar-refractivity contribution >= 4 is 30.4 Å². The van der Waals surface area contributed by atoms with E-state index in [2.05, 4.69) is 10.8 Å². The maximum absolute atomic E-state index is 8.83. The third kappa shape index (κ3) is 16.6. The van der Waals surface area contributed by atoms with Crippen molar-refractivity contribution in [2.45, 2.75) is 0 Å². The molecule has 0 radical (unpaired) electrons. The molecule has 0 N–H and O–H groups in total. The molecule has 62 valence electrons. The van der Waals surface area contributed by atoms with E-state index in [1.54, 1.807) is 0 Å². The van der Waals surface area contributed by atoms with Crippen LogP contribution >= 0.6 is 24.0 Å². The topological polar surface area (TPSA) is 26.3 Å². The molecule has 0 amide bonds. The van der Waals surface area contributed by atoms with Crippen LogP contribution in [0.5, 0.6) is 0 Å². The van der Waals surface area contributed by atoms with Crippen LogP contribution in [0.15, 0.2) is 30.3 Å². The van der Waals surface area contributed by atoms with Crippen molar-refractivity contribution in [3.05, 3.63) is 36.4 Å². The minimum Gasteiger partial charge on any atom is -0.655 e. The van der Waals surface area contributed by atoms with Gasteiger partial charge in [-0.3, -0.25) is 0 Å². The zero-order valence-corrected chi connectivity index (χ0v) is 12.1. The van der Waals surface area contributed by atoms with Crippen LogP contribution < -0.4 is 0 Å². The Hall–Kier alpha value is 0.0434. The van der Waals surface area contributed by atoms with E-state index in [4.69, 9.17) is 4.79 Å². The first-order valence-corrected chi connectivity index (χ1v) is 2.73. The summed E-state index contributed by atoms with van der Waals surface area (Å²) in [6.07, 6.45) is 0. The van der Waals surface area contributed by atoms with Crippen molar-refractivity contribution in [3.63, 3.8) is 0 Å². The van der Waals surface area contributed by atoms with Crippen LogP contribution in [0.1, 0.15) is 0 Å². The third-order valence-corrected chi connectivity index (χ3v) is 0.690. The van der Waals surface area contributed by atoms with E-state index in [0.29, 0.717) is 0 Å². The van der Waals surface area contributed by atoms with Gasteiger partial charge >= 0.3 is 19.5 Å². The maximum atomic E-state index is 8.83. The van der Waals surface area contributed by atoms with Gasteiger partial charge in [0.05, 0.1) is 0 Å². The Balaban J connectivity index is -0.000000124. The van der Waals surface area contributed by atoms with Crippen LogP contribution in [-0.4, -0.2) is 13.6 Å². The number of rotatable bonds is 1. The first kappa shape index (κ1) is 18.0. The summed E-state index contributed by atoms with van der Waals surface area (Å²) in [5, 5.41) is 0. The Labute approximate surface area is 102 Å². The van der Waals surface area contributed by atoms with Crippen molar-refractivity contribution < 1.29 is 29.0 Å². The summed E-state index contributed by atoms with van der Waals surface area (Å²) in [5.41, 5.74) is 0. The van der Waals surface area contributed by atoms with E-state index in [1.807, 2.05) is 30.3 Å². The number of carbonyl (C=O) groups excluding carboxylic acids is 1. The van der Waals surface area contributed by atoms with E-state index in [9.17, 15) is 0 Å². The molecule has 0 saturated carbocycles. The van der Waals surface area contributed by atoms with E-state index in [0.717, 1.165) is 0 Å². The summed E-state index contributed by atoms with van der Waals surface area (Å²) >= 11 is 0. The molecule has 0 unspecified atom stereocenters. The number of hydrogen-bond donors (Lipinski definition) is 0. The molecule has 0 aliphatic heterocycles. The fourth-order valence-electron chi connectivity index (χ4n) is 0.342. The standard InChI is InChI=1S/C6H5.C2H3O2.HI.Zn/c1-2-4-6-5-3-1;1-4-2-3;;/h1-5H;1H3;1H;/q2*-1;;+2. The molecule has 12 heavy (non-hydrogen) atoms. The number of hydrogen-bond acceptors (Lipinski definition) is 2. The zero-order chi connectivity index (χ0) is 7.66. The maximum Gasteiger partial charge on any atom is 2.00 e. The molecule has 0 heterocycles. The second-order valence-electron chi connectivity index (χ2n) is 1.36. The summed E-state index contributed by atoms with van der Waals surface area (Å²) in [5.74, 6) is 0. The Morgan fingerprint density at radius 2 is 1.67 bits per heavy atom. The van der Waals surface area contributed by atoms with Crippen molar-refractivity contribution in [2.24, 2.45) is 0 Å². The van der Waals surface area contributed by atoms with Gasteiger partial charge in [-0.05, 0) is 0 Å². The van der Waals surface area contributed by atoms with Crippen LogP contribution in [-0.2, 0) is 29.0 Å². The molecule has 1 aromatic carbocycles. The third-order valence-electron chi connectivity index (χ3n) is 0.690. The smallest absolute Gasteiger partial charge is 0.655 e. The van der Waals surface area contributed by atoms with Crippen LogP contribution in [0, 0.1) is 6.07 Å². The van der Waals surface area contributed by atoms with Crippen molar-refractivity contribution in [1.82, 2.24) is 0 Å². The molecule has 4 heteroatoms. The molecule has 0 bridgehead atoms. The molecule has 0 aromatic heterocycles. The normalized spacial score (nSPS) is 5.75. The van der Waals surface area contributed by atoms with Gasteiger partial charge in [0.1, 0.15) is 0 Å². The van der Waals surface area contributed by atoms with Crippen molar-refractivity contribution in [3.8, 4) is 0 Å². The second-order valence-corrected chi connectivity index (χ2v) is 1.36. The van der Waals surface area contributed by atoms with Gasteiger partial charge < -0.3 is 9.53 Å². The Morgan fingerprint density at radius 3 is 1.75 bits per heavy atom. The van der Waals surface area contributed by atoms with Gasteiger partial charge in [0.15, 0.2) is 0 Å². The summed E-state index contributed by atoms with van der Waals surface area (Å²) in [6.45, 7) is 1.18. The molecule has 1 aromatic rings. The van der Waals surface area contributed by atoms with Gasteiger partial charge in [0.25, 0.3) is 0 Å². The first-order chi connectivity index (χ1) is 4.91. The first-order valence-electron chi connectivity index (χ1n) is 2.73. The zero-order valence-electron chi connectivity index (χ0n) is 6.82. The molecule has 2 nitrogen and oxygen atoms in total. The van der Waals surface area contributed by atoms with Gasteiger partial charge in [0.2, 0.25) is 0 Å². The number of methoxy groups -OCH3 is 1. The Morgan fingerprint density at radius 1 is 1.25 bits per heavy atom. The number of ether oxygens (including phenoxy) is 1. The molecular formula is C8H9IO2Zn. The summed E-state index contributed by atoms with van der Waals surface area (Å²) in [4.78, 5) is 8.83. The van der Waals surface area contributed by atoms with E-state index < -0.39 is 0 Å². The fourth-order valence-corrected chi connectivity index (χ4v) is 0.342. The van der Waals surface area contributed by atoms with E-state index >= 15 is 0 Å². The average molecular weight is 329 g/mol.